The molecule has 0 spiro atoms. The second kappa shape index (κ2) is 30.2. The van der Waals surface area contributed by atoms with Gasteiger partial charge in [0.25, 0.3) is 0 Å². The molecule has 0 aromatic rings. The van der Waals surface area contributed by atoms with Crippen molar-refractivity contribution in [3.63, 3.8) is 0 Å². The van der Waals surface area contributed by atoms with E-state index in [9.17, 15) is 0 Å². The molecular weight excluding hydrogens is 545 g/mol. The summed E-state index contributed by atoms with van der Waals surface area (Å²) < 4.78 is 3.66. The van der Waals surface area contributed by atoms with E-state index in [1.54, 1.807) is 0 Å². The van der Waals surface area contributed by atoms with E-state index in [2.05, 4.69) is 62.7 Å². The smallest absolute Gasteiger partial charge is 0.0796 e. The van der Waals surface area contributed by atoms with Crippen LogP contribution >= 0.6 is 34.8 Å². The lowest BCUT2D eigenvalue weighted by atomic mass is 10.2. The van der Waals surface area contributed by atoms with Gasteiger partial charge in [-0.1, -0.05) is 60.8 Å². The molecule has 0 radical (unpaired) electrons. The molecule has 0 N–H and O–H groups in total. The van der Waals surface area contributed by atoms with E-state index < -0.39 is 0 Å². The Bertz CT molecular complexity index is 387. The number of unbranched alkanes of at least 4 members (excludes halogenated alkanes) is 3. The number of hydrogen-bond donors (Lipinski definition) is 0. The van der Waals surface area contributed by atoms with Crippen LogP contribution in [0.25, 0.3) is 0 Å². The van der Waals surface area contributed by atoms with Gasteiger partial charge in [0, 0.05) is 36.9 Å². The SMILES string of the molecule is CCCC[N+](C)(CCCC)CCCC.CCC[N+](C)(CCC)CCC.C[N+](CCCCl)(CCCCl)CCCCl. The zero-order valence-corrected chi connectivity index (χ0v) is 30.7. The van der Waals surface area contributed by atoms with Gasteiger partial charge in [0.1, 0.15) is 0 Å². The molecule has 0 aliphatic rings. The summed E-state index contributed by atoms with van der Waals surface area (Å²) in [4.78, 5) is 0. The summed E-state index contributed by atoms with van der Waals surface area (Å²) in [7, 11) is 7.10. The fourth-order valence-corrected chi connectivity index (χ4v) is 5.93. The highest BCUT2D eigenvalue weighted by molar-refractivity contribution is 6.18. The third kappa shape index (κ3) is 28.6. The van der Waals surface area contributed by atoms with Gasteiger partial charge in [-0.25, -0.2) is 0 Å². The molecule has 6 heteroatoms. The number of nitrogens with zero attached hydrogens (tertiary/aromatic N) is 3. The normalized spacial score (nSPS) is 12.0. The number of alkyl halides is 3. The third-order valence-electron chi connectivity index (χ3n) is 7.94. The van der Waals surface area contributed by atoms with Crippen LogP contribution in [-0.4, -0.2) is 111 Å². The summed E-state index contributed by atoms with van der Waals surface area (Å²) in [6, 6.07) is 0. The van der Waals surface area contributed by atoms with Crippen molar-refractivity contribution < 1.29 is 13.4 Å². The van der Waals surface area contributed by atoms with E-state index in [4.69, 9.17) is 34.8 Å². The van der Waals surface area contributed by atoms with E-state index in [1.807, 2.05) is 0 Å². The van der Waals surface area contributed by atoms with Crippen molar-refractivity contribution >= 4 is 34.8 Å². The van der Waals surface area contributed by atoms with Crippen molar-refractivity contribution in [1.82, 2.24) is 0 Å². The van der Waals surface area contributed by atoms with Gasteiger partial charge in [0.2, 0.25) is 0 Å². The third-order valence-corrected chi connectivity index (χ3v) is 8.74. The van der Waals surface area contributed by atoms with Crippen LogP contribution in [0.4, 0.5) is 0 Å². The first kappa shape index (κ1) is 44.2. The predicted molar refractivity (Wildman–Crippen MR) is 184 cm³/mol. The van der Waals surface area contributed by atoms with E-state index in [0.717, 1.165) is 61.0 Å². The van der Waals surface area contributed by atoms with Crippen LogP contribution in [0.5, 0.6) is 0 Å². The Morgan fingerprint density at radius 3 is 0.692 bits per heavy atom. The second-order valence-electron chi connectivity index (χ2n) is 12.6. The van der Waals surface area contributed by atoms with E-state index in [0.29, 0.717) is 0 Å². The van der Waals surface area contributed by atoms with Crippen LogP contribution in [0, 0.1) is 0 Å². The maximum Gasteiger partial charge on any atom is 0.0796 e. The first-order chi connectivity index (χ1) is 18.5. The van der Waals surface area contributed by atoms with Crippen LogP contribution in [-0.2, 0) is 0 Å². The van der Waals surface area contributed by atoms with Crippen LogP contribution in [0.2, 0.25) is 0 Å². The van der Waals surface area contributed by atoms with Gasteiger partial charge in [0.15, 0.2) is 0 Å². The molecule has 0 aliphatic heterocycles. The first-order valence-corrected chi connectivity index (χ1v) is 18.3. The summed E-state index contributed by atoms with van der Waals surface area (Å²) in [5.41, 5.74) is 0. The molecule has 0 bridgehead atoms. The maximum absolute atomic E-state index is 5.71. The quantitative estimate of drug-likeness (QED) is 0.0745. The van der Waals surface area contributed by atoms with Crippen LogP contribution in [0.3, 0.4) is 0 Å². The molecule has 0 saturated carbocycles. The minimum absolute atomic E-state index is 0.746. The van der Waals surface area contributed by atoms with Crippen LogP contribution < -0.4 is 0 Å². The van der Waals surface area contributed by atoms with E-state index in [1.165, 1.54) is 106 Å². The summed E-state index contributed by atoms with van der Waals surface area (Å²) in [6.07, 6.45) is 15.4. The molecule has 0 unspecified atom stereocenters. The van der Waals surface area contributed by atoms with Gasteiger partial charge in [-0.05, 0) is 38.5 Å². The predicted octanol–water partition coefficient (Wildman–Crippen LogP) is 9.82. The van der Waals surface area contributed by atoms with Gasteiger partial charge in [-0.15, -0.1) is 34.8 Å². The monoisotopic (exact) mass is 619 g/mol. The topological polar surface area (TPSA) is 0 Å². The summed E-state index contributed by atoms with van der Waals surface area (Å²) in [5, 5.41) is 0. The Kier molecular flexibility index (Phi) is 34.2. The Hall–Kier alpha value is 0.750. The number of hydrogen-bond acceptors (Lipinski definition) is 0. The molecule has 0 rings (SSSR count). The van der Waals surface area contributed by atoms with Crippen molar-refractivity contribution in [2.45, 2.75) is 119 Å². The average Bonchev–Trinajstić information content (AvgIpc) is 2.92. The van der Waals surface area contributed by atoms with Gasteiger partial charge >= 0.3 is 0 Å². The number of quaternary nitrogens is 3. The van der Waals surface area contributed by atoms with Gasteiger partial charge in [0.05, 0.1) is 80.0 Å². The first-order valence-electron chi connectivity index (χ1n) is 16.7. The highest BCUT2D eigenvalue weighted by Crippen LogP contribution is 2.11. The lowest BCUT2D eigenvalue weighted by Crippen LogP contribution is -2.46. The largest absolute Gasteiger partial charge is 0.326 e. The average molecular weight is 620 g/mol. The molecule has 0 aromatic heterocycles. The minimum atomic E-state index is 0.746. The molecule has 240 valence electrons. The van der Waals surface area contributed by atoms with E-state index in [-0.39, 0.29) is 0 Å². The fraction of sp³-hybridized carbons (Fsp3) is 1.00. The Balaban J connectivity index is -0.000000503. The zero-order chi connectivity index (χ0) is 30.5. The summed E-state index contributed by atoms with van der Waals surface area (Å²) in [6.45, 7) is 25.3. The maximum atomic E-state index is 5.71. The summed E-state index contributed by atoms with van der Waals surface area (Å²) >= 11 is 17.1. The van der Waals surface area contributed by atoms with Crippen molar-refractivity contribution in [2.24, 2.45) is 0 Å². The van der Waals surface area contributed by atoms with Crippen LogP contribution in [0.15, 0.2) is 0 Å². The van der Waals surface area contributed by atoms with Crippen LogP contribution in [0.1, 0.15) is 119 Å². The highest BCUT2D eigenvalue weighted by atomic mass is 35.5. The standard InChI is InChI=1S/C13H30N.C10H21Cl3N.C10H24N/c1-5-8-11-14(4,12-9-6-2)13-10-7-3;1-14(8-2-5-11,9-3-6-12)10-4-7-13;1-5-8-11(4,9-6-2)10-7-3/h5-13H2,1-4H3;2-10H2,1H3;5-10H2,1-4H3/q3*+1. The van der Waals surface area contributed by atoms with Crippen molar-refractivity contribution in [3.05, 3.63) is 0 Å². The molecule has 0 heterocycles. The minimum Gasteiger partial charge on any atom is -0.326 e. The van der Waals surface area contributed by atoms with Crippen molar-refractivity contribution in [1.29, 1.82) is 0 Å². The Labute approximate surface area is 263 Å². The molecule has 0 atom stereocenters. The molecule has 0 amide bonds. The Morgan fingerprint density at radius 2 is 0.513 bits per heavy atom. The molecule has 0 aromatic carbocycles. The lowest BCUT2D eigenvalue weighted by Gasteiger charge is -2.34. The molecule has 0 saturated heterocycles. The van der Waals surface area contributed by atoms with Gasteiger partial charge < -0.3 is 13.4 Å². The second-order valence-corrected chi connectivity index (χ2v) is 13.7. The lowest BCUT2D eigenvalue weighted by molar-refractivity contribution is -0.910. The molecule has 0 fully saturated rings. The molecule has 39 heavy (non-hydrogen) atoms. The molecule has 0 aliphatic carbocycles. The highest BCUT2D eigenvalue weighted by Gasteiger charge is 2.20. The number of rotatable bonds is 24. The number of halogens is 3. The van der Waals surface area contributed by atoms with Crippen molar-refractivity contribution in [2.75, 3.05) is 97.7 Å². The Morgan fingerprint density at radius 1 is 0.308 bits per heavy atom. The van der Waals surface area contributed by atoms with E-state index >= 15 is 0 Å². The molecule has 3 nitrogen and oxygen atoms in total. The summed E-state index contributed by atoms with van der Waals surface area (Å²) in [5.74, 6) is 2.24. The van der Waals surface area contributed by atoms with Crippen molar-refractivity contribution in [3.8, 4) is 0 Å². The van der Waals surface area contributed by atoms with Gasteiger partial charge in [-0.3, -0.25) is 0 Å². The molecular formula is C33H75Cl3N3+3. The van der Waals surface area contributed by atoms with Gasteiger partial charge in [-0.2, -0.15) is 0 Å². The zero-order valence-electron chi connectivity index (χ0n) is 28.4. The fourth-order valence-electron chi connectivity index (χ4n) is 5.57.